The lowest BCUT2D eigenvalue weighted by Crippen LogP contribution is -2.63. The Labute approximate surface area is 212 Å². The van der Waals surface area contributed by atoms with E-state index < -0.39 is 0 Å². The number of likely N-dealkylation sites (tertiary alicyclic amines) is 2. The molecule has 3 saturated heterocycles. The second-order valence-electron chi connectivity index (χ2n) is 10.3. The van der Waals surface area contributed by atoms with Gasteiger partial charge in [-0.2, -0.15) is 0 Å². The Kier molecular flexibility index (Phi) is 6.31. The van der Waals surface area contributed by atoms with Gasteiger partial charge in [-0.25, -0.2) is 4.98 Å². The first-order valence-electron chi connectivity index (χ1n) is 13.1. The molecule has 0 saturated carbocycles. The van der Waals surface area contributed by atoms with Gasteiger partial charge in [0, 0.05) is 50.1 Å². The van der Waals surface area contributed by atoms with Gasteiger partial charge in [0.2, 0.25) is 5.91 Å². The molecule has 0 spiro atoms. The zero-order valence-electron chi connectivity index (χ0n) is 21.0. The molecule has 4 aliphatic heterocycles. The number of hydrogen-bond donors (Lipinski definition) is 1. The molecule has 1 N–H and O–H groups in total. The number of ether oxygens (including phenoxy) is 2. The summed E-state index contributed by atoms with van der Waals surface area (Å²) in [6.45, 7) is 12.4. The van der Waals surface area contributed by atoms with Crippen LogP contribution in [0, 0.1) is 0 Å². The largest absolute Gasteiger partial charge is 0.487 e. The number of nitrogens with zero attached hydrogens (tertiary/aromatic N) is 4. The van der Waals surface area contributed by atoms with E-state index in [1.807, 2.05) is 11.1 Å². The van der Waals surface area contributed by atoms with Crippen molar-refractivity contribution in [2.24, 2.45) is 0 Å². The number of piperidine rings is 1. The van der Waals surface area contributed by atoms with Crippen LogP contribution in [0.5, 0.6) is 5.75 Å². The van der Waals surface area contributed by atoms with Gasteiger partial charge in [-0.3, -0.25) is 9.69 Å². The number of aromatic nitrogens is 1. The number of benzene rings is 1. The van der Waals surface area contributed by atoms with Gasteiger partial charge in [-0.1, -0.05) is 12.6 Å². The Morgan fingerprint density at radius 2 is 2.03 bits per heavy atom. The SMILES string of the molecule is C=CC(=O)N1CC(N2CC[C@H](c3ccc4c(c3)Nc3nccc(N5CCOCC5)c3CO4)C[C@H]2C)C1. The fraction of sp³-hybridized carbons (Fsp3) is 0.500. The van der Waals surface area contributed by atoms with E-state index in [4.69, 9.17) is 9.47 Å². The van der Waals surface area contributed by atoms with Crippen molar-refractivity contribution in [3.05, 3.63) is 54.2 Å². The summed E-state index contributed by atoms with van der Waals surface area (Å²) in [5.74, 6) is 2.30. The molecule has 0 unspecified atom stereocenters. The van der Waals surface area contributed by atoms with E-state index in [1.165, 1.54) is 17.3 Å². The Morgan fingerprint density at radius 3 is 2.81 bits per heavy atom. The highest BCUT2D eigenvalue weighted by Gasteiger charge is 2.38. The molecule has 8 heteroatoms. The highest BCUT2D eigenvalue weighted by Crippen LogP contribution is 2.41. The minimum atomic E-state index is 0.0432. The highest BCUT2D eigenvalue weighted by atomic mass is 16.5. The molecule has 0 aliphatic carbocycles. The molecule has 3 fully saturated rings. The standard InChI is InChI=1S/C28H35N5O3/c1-3-27(34)32-16-22(17-32)33-9-7-21(14-19(33)2)20-4-5-26-24(15-20)30-28-23(18-36-26)25(6-8-29-28)31-10-12-35-13-11-31/h3-6,8,15,19,21-22H,1,7,9-14,16-18H2,2H3,(H,29,30)/t19-,21+/m1/s1. The Balaban J connectivity index is 1.15. The summed E-state index contributed by atoms with van der Waals surface area (Å²) >= 11 is 0. The van der Waals surface area contributed by atoms with Gasteiger partial charge >= 0.3 is 0 Å². The second kappa shape index (κ2) is 9.75. The van der Waals surface area contributed by atoms with Gasteiger partial charge in [0.15, 0.2) is 0 Å². The molecular formula is C28H35N5O3. The van der Waals surface area contributed by atoms with Crippen LogP contribution in [-0.4, -0.2) is 78.7 Å². The number of amides is 1. The lowest BCUT2D eigenvalue weighted by molar-refractivity contribution is -0.134. The zero-order chi connectivity index (χ0) is 24.6. The van der Waals surface area contributed by atoms with Gasteiger partial charge in [0.1, 0.15) is 18.2 Å². The molecule has 36 heavy (non-hydrogen) atoms. The third-order valence-electron chi connectivity index (χ3n) is 8.23. The summed E-state index contributed by atoms with van der Waals surface area (Å²) in [5, 5.41) is 3.59. The summed E-state index contributed by atoms with van der Waals surface area (Å²) in [6, 6.07) is 9.63. The monoisotopic (exact) mass is 489 g/mol. The van der Waals surface area contributed by atoms with Crippen molar-refractivity contribution < 1.29 is 14.3 Å². The van der Waals surface area contributed by atoms with Crippen LogP contribution in [0.15, 0.2) is 43.1 Å². The lowest BCUT2D eigenvalue weighted by Gasteiger charge is -2.50. The van der Waals surface area contributed by atoms with Gasteiger partial charge in [-0.05, 0) is 62.1 Å². The summed E-state index contributed by atoms with van der Waals surface area (Å²) < 4.78 is 11.8. The topological polar surface area (TPSA) is 70.2 Å². The molecule has 0 radical (unpaired) electrons. The van der Waals surface area contributed by atoms with Crippen LogP contribution in [0.4, 0.5) is 17.2 Å². The fourth-order valence-corrected chi connectivity index (χ4v) is 6.14. The maximum absolute atomic E-state index is 11.8. The number of pyridine rings is 1. The summed E-state index contributed by atoms with van der Waals surface area (Å²) in [5.41, 5.74) is 4.62. The zero-order valence-corrected chi connectivity index (χ0v) is 21.0. The van der Waals surface area contributed by atoms with Gasteiger partial charge < -0.3 is 24.6 Å². The van der Waals surface area contributed by atoms with E-state index in [2.05, 4.69) is 57.9 Å². The third-order valence-corrected chi connectivity index (χ3v) is 8.23. The fourth-order valence-electron chi connectivity index (χ4n) is 6.14. The molecule has 190 valence electrons. The van der Waals surface area contributed by atoms with Crippen LogP contribution in [-0.2, 0) is 16.1 Å². The van der Waals surface area contributed by atoms with Crippen molar-refractivity contribution in [1.82, 2.24) is 14.8 Å². The molecule has 1 aromatic carbocycles. The minimum Gasteiger partial charge on any atom is -0.487 e. The van der Waals surface area contributed by atoms with E-state index in [0.29, 0.717) is 24.6 Å². The summed E-state index contributed by atoms with van der Waals surface area (Å²) in [6.07, 6.45) is 5.53. The molecule has 1 amide bonds. The average Bonchev–Trinajstić information content (AvgIpc) is 3.07. The van der Waals surface area contributed by atoms with Crippen molar-refractivity contribution in [1.29, 1.82) is 0 Å². The number of rotatable bonds is 4. The third kappa shape index (κ3) is 4.33. The normalized spacial score (nSPS) is 24.5. The number of anilines is 3. The van der Waals surface area contributed by atoms with Gasteiger partial charge in [0.05, 0.1) is 24.5 Å². The molecular weight excluding hydrogens is 454 g/mol. The molecule has 5 heterocycles. The highest BCUT2D eigenvalue weighted by molar-refractivity contribution is 5.87. The number of morpholine rings is 1. The number of carbonyl (C=O) groups excluding carboxylic acids is 1. The van der Waals surface area contributed by atoms with Crippen LogP contribution in [0.1, 0.15) is 36.8 Å². The number of carbonyl (C=O) groups is 1. The smallest absolute Gasteiger partial charge is 0.246 e. The molecule has 1 aromatic heterocycles. The van der Waals surface area contributed by atoms with E-state index in [-0.39, 0.29) is 5.91 Å². The van der Waals surface area contributed by atoms with E-state index in [9.17, 15) is 4.79 Å². The van der Waals surface area contributed by atoms with Gasteiger partial charge in [0.25, 0.3) is 0 Å². The Hall–Kier alpha value is -3.10. The van der Waals surface area contributed by atoms with E-state index in [0.717, 1.165) is 81.6 Å². The predicted octanol–water partition coefficient (Wildman–Crippen LogP) is 3.52. The van der Waals surface area contributed by atoms with Crippen molar-refractivity contribution in [3.8, 4) is 5.75 Å². The van der Waals surface area contributed by atoms with E-state index >= 15 is 0 Å². The van der Waals surface area contributed by atoms with Crippen LogP contribution in [0.25, 0.3) is 0 Å². The maximum Gasteiger partial charge on any atom is 0.246 e. The van der Waals surface area contributed by atoms with Crippen molar-refractivity contribution in [2.45, 2.75) is 44.4 Å². The van der Waals surface area contributed by atoms with Crippen LogP contribution in [0.2, 0.25) is 0 Å². The molecule has 2 aromatic rings. The van der Waals surface area contributed by atoms with Crippen LogP contribution < -0.4 is 15.0 Å². The molecule has 8 nitrogen and oxygen atoms in total. The summed E-state index contributed by atoms with van der Waals surface area (Å²) in [4.78, 5) is 23.3. The quantitative estimate of drug-likeness (QED) is 0.659. The van der Waals surface area contributed by atoms with Crippen LogP contribution in [0.3, 0.4) is 0 Å². The number of hydrogen-bond acceptors (Lipinski definition) is 7. The Morgan fingerprint density at radius 1 is 1.19 bits per heavy atom. The average molecular weight is 490 g/mol. The van der Waals surface area contributed by atoms with Crippen molar-refractivity contribution >= 4 is 23.1 Å². The van der Waals surface area contributed by atoms with E-state index in [1.54, 1.807) is 0 Å². The molecule has 4 aliphatic rings. The second-order valence-corrected chi connectivity index (χ2v) is 10.3. The Bertz CT molecular complexity index is 1140. The minimum absolute atomic E-state index is 0.0432. The number of fused-ring (bicyclic) bond motifs is 2. The first-order chi connectivity index (χ1) is 17.6. The predicted molar refractivity (Wildman–Crippen MR) is 140 cm³/mol. The lowest BCUT2D eigenvalue weighted by atomic mass is 9.84. The first kappa shape index (κ1) is 23.3. The van der Waals surface area contributed by atoms with Crippen molar-refractivity contribution in [3.63, 3.8) is 0 Å². The van der Waals surface area contributed by atoms with Crippen molar-refractivity contribution in [2.75, 3.05) is 56.2 Å². The van der Waals surface area contributed by atoms with Gasteiger partial charge in [-0.15, -0.1) is 0 Å². The first-order valence-corrected chi connectivity index (χ1v) is 13.1. The molecule has 2 atom stereocenters. The summed E-state index contributed by atoms with van der Waals surface area (Å²) in [7, 11) is 0. The maximum atomic E-state index is 11.8. The molecule has 0 bridgehead atoms. The number of nitrogens with one attached hydrogen (secondary N) is 1. The van der Waals surface area contributed by atoms with Crippen LogP contribution >= 0.6 is 0 Å². The molecule has 6 rings (SSSR count).